The third-order valence-corrected chi connectivity index (χ3v) is 5.02. The van der Waals surface area contributed by atoms with Crippen LogP contribution in [0.25, 0.3) is 0 Å². The lowest BCUT2D eigenvalue weighted by Gasteiger charge is -2.33. The van der Waals surface area contributed by atoms with E-state index in [1.165, 1.54) is 0 Å². The van der Waals surface area contributed by atoms with Gasteiger partial charge in [-0.15, -0.1) is 0 Å². The molecule has 1 aromatic heterocycles. The van der Waals surface area contributed by atoms with Gasteiger partial charge in [-0.1, -0.05) is 6.07 Å². The molecule has 138 valence electrons. The van der Waals surface area contributed by atoms with Crippen LogP contribution < -0.4 is 4.74 Å². The molecule has 1 atom stereocenters. The van der Waals surface area contributed by atoms with E-state index in [4.69, 9.17) is 4.74 Å². The minimum atomic E-state index is -0.0882. The summed E-state index contributed by atoms with van der Waals surface area (Å²) < 4.78 is 5.34. The highest BCUT2D eigenvalue weighted by molar-refractivity contribution is 5.96. The van der Waals surface area contributed by atoms with Crippen molar-refractivity contribution < 1.29 is 14.6 Å². The number of hydrogen-bond acceptors (Lipinski definition) is 5. The van der Waals surface area contributed by atoms with Gasteiger partial charge in [-0.05, 0) is 38.8 Å². The van der Waals surface area contributed by atoms with Gasteiger partial charge in [0.25, 0.3) is 5.91 Å². The fourth-order valence-electron chi connectivity index (χ4n) is 3.61. The Bertz CT molecular complexity index is 807. The number of benzene rings is 1. The van der Waals surface area contributed by atoms with Crippen LogP contribution in [0.15, 0.2) is 24.4 Å². The van der Waals surface area contributed by atoms with Crippen molar-refractivity contribution in [3.8, 4) is 5.75 Å². The Morgan fingerprint density at radius 3 is 2.92 bits per heavy atom. The molecular weight excluding hydrogens is 330 g/mol. The smallest absolute Gasteiger partial charge is 0.254 e. The van der Waals surface area contributed by atoms with Gasteiger partial charge in [0.15, 0.2) is 0 Å². The van der Waals surface area contributed by atoms with E-state index >= 15 is 0 Å². The lowest BCUT2D eigenvalue weighted by molar-refractivity contribution is 0.0704. The maximum absolute atomic E-state index is 13.1. The first-order valence-electron chi connectivity index (χ1n) is 8.91. The zero-order valence-electron chi connectivity index (χ0n) is 15.5. The van der Waals surface area contributed by atoms with Crippen molar-refractivity contribution in [1.82, 2.24) is 14.9 Å². The summed E-state index contributed by atoms with van der Waals surface area (Å²) in [6.07, 6.45) is 3.54. The number of amides is 1. The van der Waals surface area contributed by atoms with Crippen molar-refractivity contribution in [3.05, 3.63) is 52.6 Å². The van der Waals surface area contributed by atoms with Crippen LogP contribution in [0, 0.1) is 13.8 Å². The Hall–Kier alpha value is -2.47. The monoisotopic (exact) mass is 355 g/mol. The molecule has 2 aromatic rings. The zero-order chi connectivity index (χ0) is 18.7. The van der Waals surface area contributed by atoms with E-state index in [1.807, 2.05) is 36.9 Å². The summed E-state index contributed by atoms with van der Waals surface area (Å²) in [6.45, 7) is 4.99. The van der Waals surface area contributed by atoms with E-state index in [9.17, 15) is 9.90 Å². The molecule has 0 bridgehead atoms. The van der Waals surface area contributed by atoms with Gasteiger partial charge in [-0.2, -0.15) is 0 Å². The SMILES string of the molecule is COc1cccc(C(=O)N2CCCC(c3nc(C)ncc3CO)C2)c1C. The Balaban J connectivity index is 1.85. The van der Waals surface area contributed by atoms with Gasteiger partial charge in [0.2, 0.25) is 0 Å². The van der Waals surface area contributed by atoms with Gasteiger partial charge in [-0.3, -0.25) is 4.79 Å². The second kappa shape index (κ2) is 7.83. The molecule has 1 fully saturated rings. The largest absolute Gasteiger partial charge is 0.496 e. The van der Waals surface area contributed by atoms with Crippen LogP contribution in [0.4, 0.5) is 0 Å². The van der Waals surface area contributed by atoms with Crippen molar-refractivity contribution in [2.45, 2.75) is 39.2 Å². The number of hydrogen-bond donors (Lipinski definition) is 1. The zero-order valence-corrected chi connectivity index (χ0v) is 15.5. The first kappa shape index (κ1) is 18.3. The Kier molecular flexibility index (Phi) is 5.52. The van der Waals surface area contributed by atoms with Gasteiger partial charge in [0, 0.05) is 41.9 Å². The topological polar surface area (TPSA) is 75.5 Å². The number of carbonyl (C=O) groups is 1. The van der Waals surface area contributed by atoms with Crippen molar-refractivity contribution >= 4 is 5.91 Å². The molecule has 1 aliphatic heterocycles. The molecule has 1 N–H and O–H groups in total. The quantitative estimate of drug-likeness (QED) is 0.912. The number of aliphatic hydroxyl groups is 1. The van der Waals surface area contributed by atoms with Crippen molar-refractivity contribution in [2.24, 2.45) is 0 Å². The van der Waals surface area contributed by atoms with Crippen LogP contribution in [0.2, 0.25) is 0 Å². The molecule has 1 amide bonds. The number of piperidine rings is 1. The molecule has 1 aromatic carbocycles. The van der Waals surface area contributed by atoms with Crippen LogP contribution in [-0.2, 0) is 6.61 Å². The highest BCUT2D eigenvalue weighted by atomic mass is 16.5. The van der Waals surface area contributed by atoms with Gasteiger partial charge in [0.1, 0.15) is 11.6 Å². The number of likely N-dealkylation sites (tertiary alicyclic amines) is 1. The molecule has 1 aliphatic rings. The predicted octanol–water partition coefficient (Wildman–Crippen LogP) is 2.61. The second-order valence-electron chi connectivity index (χ2n) is 6.71. The highest BCUT2D eigenvalue weighted by Gasteiger charge is 2.29. The van der Waals surface area contributed by atoms with Crippen LogP contribution in [0.5, 0.6) is 5.75 Å². The average Bonchev–Trinajstić information content (AvgIpc) is 2.67. The van der Waals surface area contributed by atoms with E-state index in [0.29, 0.717) is 17.9 Å². The number of methoxy groups -OCH3 is 1. The summed E-state index contributed by atoms with van der Waals surface area (Å²) >= 11 is 0. The predicted molar refractivity (Wildman–Crippen MR) is 98.3 cm³/mol. The van der Waals surface area contributed by atoms with E-state index in [1.54, 1.807) is 13.3 Å². The lowest BCUT2D eigenvalue weighted by Crippen LogP contribution is -2.40. The van der Waals surface area contributed by atoms with Gasteiger partial charge in [0.05, 0.1) is 19.4 Å². The van der Waals surface area contributed by atoms with E-state index < -0.39 is 0 Å². The Labute approximate surface area is 153 Å². The molecule has 0 radical (unpaired) electrons. The summed E-state index contributed by atoms with van der Waals surface area (Å²) in [5.41, 5.74) is 3.13. The third kappa shape index (κ3) is 3.55. The first-order chi connectivity index (χ1) is 12.5. The number of aryl methyl sites for hydroxylation is 1. The molecule has 6 heteroatoms. The highest BCUT2D eigenvalue weighted by Crippen LogP contribution is 2.30. The molecule has 0 spiro atoms. The molecule has 0 aliphatic carbocycles. The van der Waals surface area contributed by atoms with Gasteiger partial charge >= 0.3 is 0 Å². The fourth-order valence-corrected chi connectivity index (χ4v) is 3.61. The third-order valence-electron chi connectivity index (χ3n) is 5.02. The normalized spacial score (nSPS) is 17.2. The summed E-state index contributed by atoms with van der Waals surface area (Å²) in [6, 6.07) is 5.55. The summed E-state index contributed by atoms with van der Waals surface area (Å²) in [7, 11) is 1.61. The Morgan fingerprint density at radius 1 is 1.38 bits per heavy atom. The molecular formula is C20H25N3O3. The number of ether oxygens (including phenoxy) is 1. The number of rotatable bonds is 4. The van der Waals surface area contributed by atoms with Crippen LogP contribution in [0.1, 0.15) is 51.8 Å². The van der Waals surface area contributed by atoms with E-state index in [0.717, 1.165) is 42.0 Å². The van der Waals surface area contributed by atoms with Crippen molar-refractivity contribution in [3.63, 3.8) is 0 Å². The number of carbonyl (C=O) groups excluding carboxylic acids is 1. The lowest BCUT2D eigenvalue weighted by atomic mass is 9.91. The summed E-state index contributed by atoms with van der Waals surface area (Å²) in [4.78, 5) is 23.7. The molecule has 6 nitrogen and oxygen atoms in total. The van der Waals surface area contributed by atoms with Crippen LogP contribution >= 0.6 is 0 Å². The minimum Gasteiger partial charge on any atom is -0.496 e. The van der Waals surface area contributed by atoms with Gasteiger partial charge in [-0.25, -0.2) is 9.97 Å². The minimum absolute atomic E-state index is 0.0161. The van der Waals surface area contributed by atoms with E-state index in [2.05, 4.69) is 9.97 Å². The van der Waals surface area contributed by atoms with Crippen LogP contribution in [-0.4, -0.2) is 46.1 Å². The summed E-state index contributed by atoms with van der Waals surface area (Å²) in [5.74, 6) is 1.53. The number of nitrogens with zero attached hydrogens (tertiary/aromatic N) is 3. The van der Waals surface area contributed by atoms with Crippen molar-refractivity contribution in [2.75, 3.05) is 20.2 Å². The molecule has 1 saturated heterocycles. The maximum atomic E-state index is 13.1. The molecule has 2 heterocycles. The van der Waals surface area contributed by atoms with E-state index in [-0.39, 0.29) is 18.4 Å². The Morgan fingerprint density at radius 2 is 2.19 bits per heavy atom. The first-order valence-corrected chi connectivity index (χ1v) is 8.91. The molecule has 3 rings (SSSR count). The fraction of sp³-hybridized carbons (Fsp3) is 0.450. The van der Waals surface area contributed by atoms with Crippen LogP contribution in [0.3, 0.4) is 0 Å². The summed E-state index contributed by atoms with van der Waals surface area (Å²) in [5, 5.41) is 9.61. The van der Waals surface area contributed by atoms with Gasteiger partial charge < -0.3 is 14.7 Å². The standard InChI is InChI=1S/C20H25N3O3/c1-13-17(7-4-8-18(13)26-3)20(25)23-9-5-6-15(11-23)19-16(12-24)10-21-14(2)22-19/h4,7-8,10,15,24H,5-6,9,11-12H2,1-3H3. The molecule has 26 heavy (non-hydrogen) atoms. The number of aromatic nitrogens is 2. The molecule has 0 saturated carbocycles. The van der Waals surface area contributed by atoms with Crippen molar-refractivity contribution in [1.29, 1.82) is 0 Å². The number of aliphatic hydroxyl groups excluding tert-OH is 1. The maximum Gasteiger partial charge on any atom is 0.254 e. The second-order valence-corrected chi connectivity index (χ2v) is 6.71. The average molecular weight is 355 g/mol. The molecule has 1 unspecified atom stereocenters.